The van der Waals surface area contributed by atoms with Crippen LogP contribution in [0.1, 0.15) is 13.3 Å². The molecular weight excluding hydrogens is 318 g/mol. The van der Waals surface area contributed by atoms with Gasteiger partial charge in [0.2, 0.25) is 5.95 Å². The van der Waals surface area contributed by atoms with Gasteiger partial charge in [-0.25, -0.2) is 9.78 Å². The predicted octanol–water partition coefficient (Wildman–Crippen LogP) is 1.92. The normalized spacial score (nSPS) is 15.0. The summed E-state index contributed by atoms with van der Waals surface area (Å²) in [6, 6.07) is 8.24. The number of hydrogen-bond donors (Lipinski definition) is 1. The van der Waals surface area contributed by atoms with Crippen LogP contribution < -0.4 is 10.2 Å². The minimum absolute atomic E-state index is 0.0137. The molecule has 0 unspecified atom stereocenters. The number of nitrogens with zero attached hydrogens (tertiary/aromatic N) is 4. The summed E-state index contributed by atoms with van der Waals surface area (Å²) in [5, 5.41) is 2.95. The van der Waals surface area contributed by atoms with Crippen molar-refractivity contribution in [2.75, 3.05) is 51.3 Å². The molecule has 1 fully saturated rings. The fourth-order valence-corrected chi connectivity index (χ4v) is 3.25. The van der Waals surface area contributed by atoms with Crippen molar-refractivity contribution in [2.24, 2.45) is 0 Å². The smallest absolute Gasteiger partial charge is 0.317 e. The van der Waals surface area contributed by atoms with Crippen LogP contribution in [0.2, 0.25) is 0 Å². The largest absolute Gasteiger partial charge is 0.385 e. The number of carbonyl (C=O) groups is 1. The Morgan fingerprint density at radius 3 is 2.72 bits per heavy atom. The number of fused-ring (bicyclic) bond motifs is 1. The number of aryl methyl sites for hydroxylation is 1. The number of ether oxygens (including phenoxy) is 1. The highest BCUT2D eigenvalue weighted by Gasteiger charge is 2.24. The lowest BCUT2D eigenvalue weighted by Gasteiger charge is -2.35. The van der Waals surface area contributed by atoms with E-state index < -0.39 is 0 Å². The maximum atomic E-state index is 12.2. The zero-order chi connectivity index (χ0) is 17.6. The Balaban J connectivity index is 1.60. The third-order valence-electron chi connectivity index (χ3n) is 4.60. The Hall–Kier alpha value is -2.28. The van der Waals surface area contributed by atoms with Crippen LogP contribution in [0.5, 0.6) is 0 Å². The molecule has 3 rings (SSSR count). The number of urea groups is 1. The lowest BCUT2D eigenvalue weighted by Crippen LogP contribution is -2.52. The lowest BCUT2D eigenvalue weighted by molar-refractivity contribution is 0.183. The maximum Gasteiger partial charge on any atom is 0.317 e. The van der Waals surface area contributed by atoms with E-state index in [2.05, 4.69) is 33.8 Å². The maximum absolute atomic E-state index is 12.2. The molecule has 0 saturated carbocycles. The third-order valence-corrected chi connectivity index (χ3v) is 4.60. The second kappa shape index (κ2) is 8.20. The molecule has 1 aliphatic heterocycles. The minimum Gasteiger partial charge on any atom is -0.385 e. The summed E-state index contributed by atoms with van der Waals surface area (Å²) in [4.78, 5) is 21.2. The molecule has 25 heavy (non-hydrogen) atoms. The van der Waals surface area contributed by atoms with E-state index in [0.29, 0.717) is 26.2 Å². The van der Waals surface area contributed by atoms with Crippen molar-refractivity contribution in [3.05, 3.63) is 24.3 Å². The first-order valence-corrected chi connectivity index (χ1v) is 8.96. The molecule has 0 spiro atoms. The summed E-state index contributed by atoms with van der Waals surface area (Å²) in [7, 11) is 1.67. The van der Waals surface area contributed by atoms with Gasteiger partial charge in [0.15, 0.2) is 0 Å². The second-order valence-electron chi connectivity index (χ2n) is 6.20. The average molecular weight is 345 g/mol. The minimum atomic E-state index is 0.0137. The molecule has 2 aromatic rings. The van der Waals surface area contributed by atoms with Crippen molar-refractivity contribution in [1.82, 2.24) is 19.8 Å². The quantitative estimate of drug-likeness (QED) is 0.813. The van der Waals surface area contributed by atoms with Crippen LogP contribution in [-0.4, -0.2) is 66.9 Å². The van der Waals surface area contributed by atoms with Gasteiger partial charge in [0, 0.05) is 53.0 Å². The fourth-order valence-electron chi connectivity index (χ4n) is 3.25. The van der Waals surface area contributed by atoms with Gasteiger partial charge in [0.25, 0.3) is 0 Å². The van der Waals surface area contributed by atoms with E-state index in [1.165, 1.54) is 5.52 Å². The molecule has 0 radical (unpaired) electrons. The topological polar surface area (TPSA) is 62.6 Å². The molecule has 1 aromatic carbocycles. The first kappa shape index (κ1) is 17.5. The molecule has 7 nitrogen and oxygen atoms in total. The lowest BCUT2D eigenvalue weighted by atomic mass is 10.3. The van der Waals surface area contributed by atoms with Crippen molar-refractivity contribution in [1.29, 1.82) is 0 Å². The van der Waals surface area contributed by atoms with E-state index in [-0.39, 0.29) is 6.03 Å². The summed E-state index contributed by atoms with van der Waals surface area (Å²) in [6.07, 6.45) is 0.836. The highest BCUT2D eigenvalue weighted by Crippen LogP contribution is 2.23. The van der Waals surface area contributed by atoms with Crippen LogP contribution in [0.25, 0.3) is 11.0 Å². The molecule has 0 aliphatic carbocycles. The summed E-state index contributed by atoms with van der Waals surface area (Å²) in [6.45, 7) is 7.37. The van der Waals surface area contributed by atoms with Crippen LogP contribution in [0.4, 0.5) is 10.7 Å². The number of nitrogens with one attached hydrogen (secondary N) is 1. The number of aromatic nitrogens is 2. The number of benzene rings is 1. The molecule has 2 heterocycles. The van der Waals surface area contributed by atoms with Crippen LogP contribution in [-0.2, 0) is 11.3 Å². The van der Waals surface area contributed by atoms with E-state index in [1.807, 2.05) is 17.0 Å². The first-order chi connectivity index (χ1) is 12.2. The first-order valence-electron chi connectivity index (χ1n) is 8.96. The average Bonchev–Trinajstić information content (AvgIpc) is 3.04. The molecule has 136 valence electrons. The van der Waals surface area contributed by atoms with Crippen molar-refractivity contribution >= 4 is 23.0 Å². The van der Waals surface area contributed by atoms with Crippen LogP contribution >= 0.6 is 0 Å². The van der Waals surface area contributed by atoms with Gasteiger partial charge in [0.05, 0.1) is 11.0 Å². The second-order valence-corrected chi connectivity index (χ2v) is 6.20. The molecule has 2 amide bonds. The fraction of sp³-hybridized carbons (Fsp3) is 0.556. The van der Waals surface area contributed by atoms with Crippen LogP contribution in [0.3, 0.4) is 0 Å². The number of piperazine rings is 1. The van der Waals surface area contributed by atoms with Crippen LogP contribution in [0, 0.1) is 0 Å². The molecule has 7 heteroatoms. The van der Waals surface area contributed by atoms with Gasteiger partial charge in [-0.2, -0.15) is 0 Å². The summed E-state index contributed by atoms with van der Waals surface area (Å²) < 4.78 is 7.24. The molecule has 1 aliphatic rings. The Morgan fingerprint density at radius 2 is 2.00 bits per heavy atom. The molecule has 1 saturated heterocycles. The third kappa shape index (κ3) is 3.87. The van der Waals surface area contributed by atoms with Gasteiger partial charge in [-0.15, -0.1) is 0 Å². The monoisotopic (exact) mass is 345 g/mol. The number of amides is 2. The predicted molar refractivity (Wildman–Crippen MR) is 99.1 cm³/mol. The van der Waals surface area contributed by atoms with Gasteiger partial charge >= 0.3 is 6.03 Å². The highest BCUT2D eigenvalue weighted by molar-refractivity contribution is 5.79. The Labute approximate surface area is 148 Å². The molecular formula is C18H27N5O2. The molecule has 1 aromatic heterocycles. The van der Waals surface area contributed by atoms with Crippen molar-refractivity contribution in [3.8, 4) is 0 Å². The van der Waals surface area contributed by atoms with E-state index in [0.717, 1.165) is 37.5 Å². The Kier molecular flexibility index (Phi) is 5.75. The highest BCUT2D eigenvalue weighted by atomic mass is 16.5. The van der Waals surface area contributed by atoms with Gasteiger partial charge in [-0.05, 0) is 25.5 Å². The number of rotatable bonds is 6. The zero-order valence-electron chi connectivity index (χ0n) is 15.1. The van der Waals surface area contributed by atoms with Gasteiger partial charge in [-0.3, -0.25) is 0 Å². The number of imidazole rings is 1. The number of para-hydroxylation sites is 2. The SMILES string of the molecule is CCn1c(N2CCN(C(=O)NCCCOC)CC2)nc2ccccc21. The van der Waals surface area contributed by atoms with Crippen molar-refractivity contribution in [3.63, 3.8) is 0 Å². The Morgan fingerprint density at radius 1 is 1.24 bits per heavy atom. The van der Waals surface area contributed by atoms with E-state index >= 15 is 0 Å². The van der Waals surface area contributed by atoms with Crippen molar-refractivity contribution in [2.45, 2.75) is 19.9 Å². The summed E-state index contributed by atoms with van der Waals surface area (Å²) >= 11 is 0. The number of methoxy groups -OCH3 is 1. The number of anilines is 1. The number of hydrogen-bond acceptors (Lipinski definition) is 4. The molecule has 0 atom stereocenters. The summed E-state index contributed by atoms with van der Waals surface area (Å²) in [5.41, 5.74) is 2.19. The summed E-state index contributed by atoms with van der Waals surface area (Å²) in [5.74, 6) is 1.00. The van der Waals surface area contributed by atoms with E-state index in [4.69, 9.17) is 9.72 Å². The van der Waals surface area contributed by atoms with Gasteiger partial charge in [-0.1, -0.05) is 12.1 Å². The van der Waals surface area contributed by atoms with Gasteiger partial charge < -0.3 is 24.4 Å². The zero-order valence-corrected chi connectivity index (χ0v) is 15.1. The Bertz CT molecular complexity index is 707. The van der Waals surface area contributed by atoms with Gasteiger partial charge in [0.1, 0.15) is 0 Å². The number of carbonyl (C=O) groups excluding carboxylic acids is 1. The van der Waals surface area contributed by atoms with E-state index in [1.54, 1.807) is 7.11 Å². The molecule has 1 N–H and O–H groups in total. The van der Waals surface area contributed by atoms with Crippen LogP contribution in [0.15, 0.2) is 24.3 Å². The van der Waals surface area contributed by atoms with Crippen molar-refractivity contribution < 1.29 is 9.53 Å². The van der Waals surface area contributed by atoms with E-state index in [9.17, 15) is 4.79 Å². The standard InChI is InChI=1S/C18H27N5O2/c1-3-23-16-8-5-4-7-15(16)20-17(23)21-10-12-22(13-11-21)18(24)19-9-6-14-25-2/h4-5,7-8H,3,6,9-14H2,1-2H3,(H,19,24). The molecule has 0 bridgehead atoms.